The Kier molecular flexibility index (Phi) is 3.47. The van der Waals surface area contributed by atoms with Crippen LogP contribution in [-0.2, 0) is 0 Å². The van der Waals surface area contributed by atoms with Gasteiger partial charge < -0.3 is 4.90 Å². The van der Waals surface area contributed by atoms with Crippen LogP contribution in [0.15, 0.2) is 5.38 Å². The summed E-state index contributed by atoms with van der Waals surface area (Å²) in [5.74, 6) is 1.63. The molecule has 0 aliphatic carbocycles. The molecule has 3 heterocycles. The number of amides is 1. The van der Waals surface area contributed by atoms with E-state index in [1.54, 1.807) is 5.38 Å². The number of carbonyl (C=O) groups is 1. The van der Waals surface area contributed by atoms with Crippen molar-refractivity contribution in [3.63, 3.8) is 0 Å². The molecule has 1 amide bonds. The van der Waals surface area contributed by atoms with E-state index in [1.165, 1.54) is 11.5 Å². The van der Waals surface area contributed by atoms with Gasteiger partial charge in [-0.3, -0.25) is 4.79 Å². The Morgan fingerprint density at radius 3 is 2.95 bits per heavy atom. The Morgan fingerprint density at radius 1 is 1.45 bits per heavy atom. The third-order valence-electron chi connectivity index (χ3n) is 3.52. The zero-order chi connectivity index (χ0) is 14.1. The van der Waals surface area contributed by atoms with E-state index in [2.05, 4.69) is 19.7 Å². The highest BCUT2D eigenvalue weighted by molar-refractivity contribution is 7.03. The van der Waals surface area contributed by atoms with Crippen LogP contribution in [0.1, 0.15) is 41.0 Å². The summed E-state index contributed by atoms with van der Waals surface area (Å²) in [6, 6.07) is 0.195. The molecule has 1 saturated heterocycles. The topological polar surface area (TPSA) is 76.8 Å². The first-order chi connectivity index (χ1) is 9.65. The number of likely N-dealkylation sites (tertiary alicyclic amines) is 1. The minimum atomic E-state index is -0.0436. The molecule has 1 aliphatic heterocycles. The number of aromatic nitrogens is 5. The lowest BCUT2D eigenvalue weighted by Gasteiger charge is -2.32. The van der Waals surface area contributed by atoms with Crippen LogP contribution in [0.5, 0.6) is 0 Å². The summed E-state index contributed by atoms with van der Waals surface area (Å²) < 4.78 is 5.69. The van der Waals surface area contributed by atoms with E-state index in [4.69, 9.17) is 0 Å². The van der Waals surface area contributed by atoms with Crippen LogP contribution >= 0.6 is 11.5 Å². The summed E-state index contributed by atoms with van der Waals surface area (Å²) in [6.45, 7) is 5.25. The van der Waals surface area contributed by atoms with Gasteiger partial charge in [-0.1, -0.05) is 4.49 Å². The molecular formula is C12H16N6OS. The van der Waals surface area contributed by atoms with Gasteiger partial charge in [0.15, 0.2) is 5.69 Å². The summed E-state index contributed by atoms with van der Waals surface area (Å²) in [5, 5.41) is 9.98. The first kappa shape index (κ1) is 13.2. The van der Waals surface area contributed by atoms with Crippen molar-refractivity contribution < 1.29 is 4.79 Å². The highest BCUT2D eigenvalue weighted by Crippen LogP contribution is 2.23. The molecule has 0 bridgehead atoms. The normalized spacial score (nSPS) is 19.3. The van der Waals surface area contributed by atoms with Crippen LogP contribution in [0, 0.1) is 13.8 Å². The second-order valence-electron chi connectivity index (χ2n) is 4.99. The molecule has 1 atom stereocenters. The minimum Gasteiger partial charge on any atom is -0.335 e. The Bertz CT molecular complexity index is 608. The third kappa shape index (κ3) is 2.43. The van der Waals surface area contributed by atoms with E-state index in [9.17, 15) is 4.79 Å². The van der Waals surface area contributed by atoms with Crippen molar-refractivity contribution in [2.45, 2.75) is 32.7 Å². The lowest BCUT2D eigenvalue weighted by atomic mass is 10.1. The first-order valence-electron chi connectivity index (χ1n) is 6.61. The Hall–Kier alpha value is -1.83. The fourth-order valence-corrected chi connectivity index (χ4v) is 3.07. The summed E-state index contributed by atoms with van der Waals surface area (Å²) in [7, 11) is 0. The SMILES string of the molecule is Cc1nc(C)n([C@@H]2CCCN(C(=O)c3csnn3)C2)n1. The van der Waals surface area contributed by atoms with Crippen LogP contribution < -0.4 is 0 Å². The molecule has 0 unspecified atom stereocenters. The van der Waals surface area contributed by atoms with Crippen molar-refractivity contribution in [3.8, 4) is 0 Å². The van der Waals surface area contributed by atoms with Gasteiger partial charge >= 0.3 is 0 Å². The summed E-state index contributed by atoms with van der Waals surface area (Å²) in [4.78, 5) is 18.5. The number of aryl methyl sites for hydroxylation is 2. The number of hydrogen-bond donors (Lipinski definition) is 0. The summed E-state index contributed by atoms with van der Waals surface area (Å²) in [5.41, 5.74) is 0.433. The van der Waals surface area contributed by atoms with Gasteiger partial charge in [0.25, 0.3) is 5.91 Å². The summed E-state index contributed by atoms with van der Waals surface area (Å²) in [6.07, 6.45) is 1.98. The minimum absolute atomic E-state index is 0.0436. The number of rotatable bonds is 2. The highest BCUT2D eigenvalue weighted by Gasteiger charge is 2.28. The van der Waals surface area contributed by atoms with Crippen LogP contribution in [0.4, 0.5) is 0 Å². The molecule has 7 nitrogen and oxygen atoms in total. The molecule has 0 saturated carbocycles. The molecule has 8 heteroatoms. The van der Waals surface area contributed by atoms with E-state index >= 15 is 0 Å². The molecule has 2 aromatic rings. The second-order valence-corrected chi connectivity index (χ2v) is 5.60. The molecule has 1 fully saturated rings. The van der Waals surface area contributed by atoms with E-state index in [0.717, 1.165) is 31.0 Å². The lowest BCUT2D eigenvalue weighted by Crippen LogP contribution is -2.41. The number of hydrogen-bond acceptors (Lipinski definition) is 6. The van der Waals surface area contributed by atoms with Crippen molar-refractivity contribution in [1.82, 2.24) is 29.3 Å². The van der Waals surface area contributed by atoms with Gasteiger partial charge in [-0.05, 0) is 38.2 Å². The maximum Gasteiger partial charge on any atom is 0.275 e. The molecule has 20 heavy (non-hydrogen) atoms. The summed E-state index contributed by atoms with van der Waals surface area (Å²) >= 11 is 1.20. The number of carbonyl (C=O) groups excluding carboxylic acids is 1. The van der Waals surface area contributed by atoms with E-state index in [-0.39, 0.29) is 11.9 Å². The van der Waals surface area contributed by atoms with Crippen LogP contribution in [0.25, 0.3) is 0 Å². The van der Waals surface area contributed by atoms with Gasteiger partial charge in [0, 0.05) is 18.5 Å². The fraction of sp³-hybridized carbons (Fsp3) is 0.583. The maximum absolute atomic E-state index is 12.3. The average molecular weight is 292 g/mol. The molecule has 0 radical (unpaired) electrons. The molecule has 0 aromatic carbocycles. The molecule has 3 rings (SSSR count). The van der Waals surface area contributed by atoms with Crippen molar-refractivity contribution in [3.05, 3.63) is 22.7 Å². The smallest absolute Gasteiger partial charge is 0.275 e. The quantitative estimate of drug-likeness (QED) is 0.832. The highest BCUT2D eigenvalue weighted by atomic mass is 32.1. The van der Waals surface area contributed by atoms with Gasteiger partial charge in [0.1, 0.15) is 11.6 Å². The van der Waals surface area contributed by atoms with Gasteiger partial charge in [-0.25, -0.2) is 9.67 Å². The van der Waals surface area contributed by atoms with Crippen LogP contribution in [0.3, 0.4) is 0 Å². The second kappa shape index (κ2) is 5.28. The maximum atomic E-state index is 12.3. The average Bonchev–Trinajstić information content (AvgIpc) is 3.08. The zero-order valence-corrected chi connectivity index (χ0v) is 12.3. The van der Waals surface area contributed by atoms with Crippen molar-refractivity contribution in [2.24, 2.45) is 0 Å². The molecule has 0 N–H and O–H groups in total. The largest absolute Gasteiger partial charge is 0.335 e. The number of piperidine rings is 1. The predicted octanol–water partition coefficient (Wildman–Crippen LogP) is 1.22. The van der Waals surface area contributed by atoms with Gasteiger partial charge in [0.2, 0.25) is 0 Å². The van der Waals surface area contributed by atoms with Crippen molar-refractivity contribution in [1.29, 1.82) is 0 Å². The lowest BCUT2D eigenvalue weighted by molar-refractivity contribution is 0.0665. The van der Waals surface area contributed by atoms with Crippen molar-refractivity contribution >= 4 is 17.4 Å². The van der Waals surface area contributed by atoms with Gasteiger partial charge in [-0.2, -0.15) is 5.10 Å². The van der Waals surface area contributed by atoms with Crippen LogP contribution in [-0.4, -0.2) is 48.2 Å². The van der Waals surface area contributed by atoms with Crippen molar-refractivity contribution in [2.75, 3.05) is 13.1 Å². The molecule has 2 aromatic heterocycles. The fourth-order valence-electron chi connectivity index (χ4n) is 2.64. The standard InChI is InChI=1S/C12H16N6OS/c1-8-13-9(2)18(15-8)10-4-3-5-17(6-10)12(19)11-7-20-16-14-11/h7,10H,3-6H2,1-2H3/t10-/m1/s1. The monoisotopic (exact) mass is 292 g/mol. The molecule has 106 valence electrons. The Balaban J connectivity index is 1.77. The van der Waals surface area contributed by atoms with E-state index in [0.29, 0.717) is 12.2 Å². The predicted molar refractivity (Wildman–Crippen MR) is 73.6 cm³/mol. The molecule has 0 spiro atoms. The van der Waals surface area contributed by atoms with Gasteiger partial charge in [-0.15, -0.1) is 5.10 Å². The zero-order valence-electron chi connectivity index (χ0n) is 11.5. The Morgan fingerprint density at radius 2 is 2.30 bits per heavy atom. The number of nitrogens with zero attached hydrogens (tertiary/aromatic N) is 6. The molecule has 1 aliphatic rings. The van der Waals surface area contributed by atoms with Gasteiger partial charge in [0.05, 0.1) is 6.04 Å². The van der Waals surface area contributed by atoms with E-state index in [1.807, 2.05) is 23.4 Å². The third-order valence-corrected chi connectivity index (χ3v) is 4.02. The van der Waals surface area contributed by atoms with Crippen LogP contribution in [0.2, 0.25) is 0 Å². The van der Waals surface area contributed by atoms with E-state index < -0.39 is 0 Å². The molecular weight excluding hydrogens is 276 g/mol. The first-order valence-corrected chi connectivity index (χ1v) is 7.45. The Labute approximate surface area is 120 Å².